The van der Waals surface area contributed by atoms with Gasteiger partial charge in [-0.05, 0) is 68.6 Å². The predicted octanol–water partition coefficient (Wildman–Crippen LogP) is 3.61. The number of likely N-dealkylation sites (tertiary alicyclic amines) is 1. The number of anilines is 1. The molecule has 0 spiro atoms. The largest absolute Gasteiger partial charge is 0.339 e. The summed E-state index contributed by atoms with van der Waals surface area (Å²) >= 11 is 0. The van der Waals surface area contributed by atoms with Crippen LogP contribution in [0.2, 0.25) is 0 Å². The number of carbonyl (C=O) groups is 2. The third-order valence-electron chi connectivity index (χ3n) is 6.29. The Bertz CT molecular complexity index is 664. The third-order valence-corrected chi connectivity index (χ3v) is 6.29. The number of amides is 2. The molecule has 0 aromatic heterocycles. The topological polar surface area (TPSA) is 49.4 Å². The second-order valence-electron chi connectivity index (χ2n) is 7.75. The number of nitrogens with one attached hydrogen (secondary N) is 1. The fourth-order valence-corrected chi connectivity index (χ4v) is 4.88. The number of hydrogen-bond donors (Lipinski definition) is 1. The summed E-state index contributed by atoms with van der Waals surface area (Å²) in [5, 5.41) is 3.11. The quantitative estimate of drug-likeness (QED) is 0.922. The molecule has 0 radical (unpaired) electrons. The van der Waals surface area contributed by atoms with E-state index in [-0.39, 0.29) is 17.7 Å². The first-order valence-corrected chi connectivity index (χ1v) is 9.33. The zero-order chi connectivity index (χ0) is 16.7. The van der Waals surface area contributed by atoms with E-state index in [1.807, 2.05) is 30.0 Å². The minimum Gasteiger partial charge on any atom is -0.339 e. The molecule has 1 aromatic carbocycles. The Morgan fingerprint density at radius 3 is 2.58 bits per heavy atom. The van der Waals surface area contributed by atoms with Crippen LogP contribution in [0.15, 0.2) is 18.2 Å². The van der Waals surface area contributed by atoms with E-state index >= 15 is 0 Å². The lowest BCUT2D eigenvalue weighted by Gasteiger charge is -2.22. The Morgan fingerprint density at radius 1 is 1.12 bits per heavy atom. The van der Waals surface area contributed by atoms with Gasteiger partial charge in [-0.1, -0.05) is 12.5 Å². The number of carbonyl (C=O) groups excluding carboxylic acids is 2. The van der Waals surface area contributed by atoms with Gasteiger partial charge in [0, 0.05) is 30.3 Å². The summed E-state index contributed by atoms with van der Waals surface area (Å²) < 4.78 is 0. The van der Waals surface area contributed by atoms with Crippen LogP contribution in [0.3, 0.4) is 0 Å². The molecule has 1 saturated heterocycles. The van der Waals surface area contributed by atoms with E-state index in [4.69, 9.17) is 0 Å². The van der Waals surface area contributed by atoms with Gasteiger partial charge in [-0.25, -0.2) is 0 Å². The van der Waals surface area contributed by atoms with Crippen molar-refractivity contribution in [3.8, 4) is 0 Å². The van der Waals surface area contributed by atoms with Crippen molar-refractivity contribution in [2.45, 2.75) is 45.4 Å². The van der Waals surface area contributed by atoms with E-state index in [2.05, 4.69) is 5.32 Å². The maximum absolute atomic E-state index is 12.7. The van der Waals surface area contributed by atoms with Crippen LogP contribution in [0.4, 0.5) is 5.69 Å². The molecule has 2 aliphatic carbocycles. The van der Waals surface area contributed by atoms with Gasteiger partial charge >= 0.3 is 0 Å². The Balaban J connectivity index is 1.50. The highest BCUT2D eigenvalue weighted by atomic mass is 16.2. The van der Waals surface area contributed by atoms with Crippen molar-refractivity contribution < 1.29 is 9.59 Å². The van der Waals surface area contributed by atoms with E-state index in [9.17, 15) is 9.59 Å². The van der Waals surface area contributed by atoms with Crippen molar-refractivity contribution in [3.63, 3.8) is 0 Å². The molecule has 3 fully saturated rings. The van der Waals surface area contributed by atoms with Crippen LogP contribution < -0.4 is 5.32 Å². The summed E-state index contributed by atoms with van der Waals surface area (Å²) in [6, 6.07) is 5.68. The van der Waals surface area contributed by atoms with Crippen molar-refractivity contribution in [3.05, 3.63) is 29.3 Å². The van der Waals surface area contributed by atoms with Gasteiger partial charge in [0.25, 0.3) is 5.91 Å². The van der Waals surface area contributed by atoms with Crippen LogP contribution in [0.25, 0.3) is 0 Å². The summed E-state index contributed by atoms with van der Waals surface area (Å²) in [5.41, 5.74) is 2.42. The van der Waals surface area contributed by atoms with Crippen LogP contribution in [0.5, 0.6) is 0 Å². The second-order valence-corrected chi connectivity index (χ2v) is 7.75. The lowest BCUT2D eigenvalue weighted by atomic mass is 9.88. The smallest absolute Gasteiger partial charge is 0.254 e. The van der Waals surface area contributed by atoms with E-state index in [0.29, 0.717) is 5.92 Å². The molecule has 1 N–H and O–H groups in total. The molecule has 2 amide bonds. The molecule has 4 heteroatoms. The molecule has 1 aromatic rings. The lowest BCUT2D eigenvalue weighted by molar-refractivity contribution is -0.121. The number of fused-ring (bicyclic) bond motifs is 2. The summed E-state index contributed by atoms with van der Waals surface area (Å²) in [6.45, 7) is 3.64. The number of rotatable bonds is 3. The molecule has 4 nitrogen and oxygen atoms in total. The van der Waals surface area contributed by atoms with Crippen LogP contribution >= 0.6 is 0 Å². The molecule has 1 heterocycles. The highest BCUT2D eigenvalue weighted by Gasteiger charge is 2.43. The first-order chi connectivity index (χ1) is 11.6. The maximum atomic E-state index is 12.7. The van der Waals surface area contributed by atoms with Crippen molar-refractivity contribution >= 4 is 17.5 Å². The molecular formula is C20H26N2O2. The monoisotopic (exact) mass is 326 g/mol. The molecule has 3 atom stereocenters. The molecule has 2 bridgehead atoms. The number of nitrogens with zero attached hydrogens (tertiary/aromatic N) is 1. The van der Waals surface area contributed by atoms with Crippen molar-refractivity contribution in [2.75, 3.05) is 18.4 Å². The Labute approximate surface area is 143 Å². The van der Waals surface area contributed by atoms with Gasteiger partial charge in [-0.2, -0.15) is 0 Å². The van der Waals surface area contributed by atoms with Crippen LogP contribution in [-0.2, 0) is 4.79 Å². The first kappa shape index (κ1) is 15.7. The molecule has 4 rings (SSSR count). The van der Waals surface area contributed by atoms with Gasteiger partial charge in [0.1, 0.15) is 0 Å². The zero-order valence-electron chi connectivity index (χ0n) is 14.4. The fourth-order valence-electron chi connectivity index (χ4n) is 4.88. The van der Waals surface area contributed by atoms with E-state index in [0.717, 1.165) is 55.1 Å². The predicted molar refractivity (Wildman–Crippen MR) is 93.9 cm³/mol. The van der Waals surface area contributed by atoms with E-state index < -0.39 is 0 Å². The molecule has 3 aliphatic rings. The van der Waals surface area contributed by atoms with Gasteiger partial charge in [0.2, 0.25) is 5.91 Å². The molecule has 3 unspecified atom stereocenters. The third kappa shape index (κ3) is 2.72. The summed E-state index contributed by atoms with van der Waals surface area (Å²) in [7, 11) is 0. The maximum Gasteiger partial charge on any atom is 0.254 e. The SMILES string of the molecule is Cc1c(NC(=O)C2CC3CCC2C3)cccc1C(=O)N1CCCC1. The van der Waals surface area contributed by atoms with Gasteiger partial charge in [-0.3, -0.25) is 9.59 Å². The summed E-state index contributed by atoms with van der Waals surface area (Å²) in [6.07, 6.45) is 6.95. The van der Waals surface area contributed by atoms with Gasteiger partial charge < -0.3 is 10.2 Å². The second kappa shape index (κ2) is 6.23. The summed E-state index contributed by atoms with van der Waals surface area (Å²) in [5.74, 6) is 1.75. The van der Waals surface area contributed by atoms with Gasteiger partial charge in [-0.15, -0.1) is 0 Å². The Kier molecular flexibility index (Phi) is 4.07. The van der Waals surface area contributed by atoms with Gasteiger partial charge in [0.15, 0.2) is 0 Å². The average molecular weight is 326 g/mol. The van der Waals surface area contributed by atoms with E-state index in [1.54, 1.807) is 0 Å². The number of hydrogen-bond acceptors (Lipinski definition) is 2. The first-order valence-electron chi connectivity index (χ1n) is 9.33. The fraction of sp³-hybridized carbons (Fsp3) is 0.600. The highest BCUT2D eigenvalue weighted by Crippen LogP contribution is 2.48. The van der Waals surface area contributed by atoms with Crippen LogP contribution in [0.1, 0.15) is 54.4 Å². The highest BCUT2D eigenvalue weighted by molar-refractivity contribution is 6.00. The summed E-state index contributed by atoms with van der Waals surface area (Å²) in [4.78, 5) is 27.3. The van der Waals surface area contributed by atoms with Crippen LogP contribution in [0, 0.1) is 24.7 Å². The van der Waals surface area contributed by atoms with Gasteiger partial charge in [0.05, 0.1) is 0 Å². The number of benzene rings is 1. The van der Waals surface area contributed by atoms with Crippen LogP contribution in [-0.4, -0.2) is 29.8 Å². The molecule has 1 aliphatic heterocycles. The Hall–Kier alpha value is -1.84. The molecular weight excluding hydrogens is 300 g/mol. The standard InChI is InChI=1S/C20H26N2O2/c1-13-16(20(24)22-9-2-3-10-22)5-4-6-18(13)21-19(23)17-12-14-7-8-15(17)11-14/h4-6,14-15,17H,2-3,7-12H2,1H3,(H,21,23). The molecule has 128 valence electrons. The average Bonchev–Trinajstić information content (AvgIpc) is 3.33. The van der Waals surface area contributed by atoms with Crippen molar-refractivity contribution in [2.24, 2.45) is 17.8 Å². The normalized spacial score (nSPS) is 28.4. The van der Waals surface area contributed by atoms with Crippen molar-refractivity contribution in [1.82, 2.24) is 4.90 Å². The molecule has 2 saturated carbocycles. The molecule has 24 heavy (non-hydrogen) atoms. The van der Waals surface area contributed by atoms with E-state index in [1.165, 1.54) is 19.3 Å². The minimum atomic E-state index is 0.0982. The van der Waals surface area contributed by atoms with Crippen molar-refractivity contribution in [1.29, 1.82) is 0 Å². The lowest BCUT2D eigenvalue weighted by Crippen LogP contribution is -2.29. The zero-order valence-corrected chi connectivity index (χ0v) is 14.4. The minimum absolute atomic E-state index is 0.0982. The Morgan fingerprint density at radius 2 is 1.92 bits per heavy atom.